The summed E-state index contributed by atoms with van der Waals surface area (Å²) in [5.74, 6) is 0.199. The Hall–Kier alpha value is -2.29. The number of nitrogens with one attached hydrogen (secondary N) is 1. The molecule has 8 heteroatoms. The largest absolute Gasteiger partial charge is 0.352 e. The van der Waals surface area contributed by atoms with Gasteiger partial charge in [-0.1, -0.05) is 31.2 Å². The first-order valence-corrected chi connectivity index (χ1v) is 13.0. The first-order chi connectivity index (χ1) is 15.8. The maximum absolute atomic E-state index is 13.1. The second kappa shape index (κ2) is 11.7. The maximum atomic E-state index is 13.1. The summed E-state index contributed by atoms with van der Waals surface area (Å²) in [6.07, 6.45) is 3.08. The van der Waals surface area contributed by atoms with Crippen LogP contribution in [0.15, 0.2) is 53.4 Å². The number of sulfonamides is 1. The predicted molar refractivity (Wildman–Crippen MR) is 127 cm³/mol. The van der Waals surface area contributed by atoms with E-state index in [0.29, 0.717) is 13.0 Å². The Balaban J connectivity index is 1.45. The number of rotatable bonds is 10. The lowest BCUT2D eigenvalue weighted by atomic mass is 9.98. The van der Waals surface area contributed by atoms with Crippen LogP contribution in [0.1, 0.15) is 43.7 Å². The summed E-state index contributed by atoms with van der Waals surface area (Å²) in [5, 5.41) is 2.97. The molecule has 33 heavy (non-hydrogen) atoms. The number of hydrogen-bond acceptors (Lipinski definition) is 4. The van der Waals surface area contributed by atoms with Crippen molar-refractivity contribution < 1.29 is 17.6 Å². The zero-order chi connectivity index (χ0) is 23.8. The van der Waals surface area contributed by atoms with Crippen molar-refractivity contribution >= 4 is 15.9 Å². The van der Waals surface area contributed by atoms with Crippen LogP contribution in [0.4, 0.5) is 4.39 Å². The highest BCUT2D eigenvalue weighted by molar-refractivity contribution is 7.89. The van der Waals surface area contributed by atoms with Crippen molar-refractivity contribution in [3.05, 3.63) is 65.5 Å². The Bertz CT molecular complexity index is 1020. The molecule has 3 rings (SSSR count). The molecule has 1 aliphatic rings. The highest BCUT2D eigenvalue weighted by atomic mass is 32.2. The normalized spacial score (nSPS) is 15.6. The van der Waals surface area contributed by atoms with Gasteiger partial charge in [-0.15, -0.1) is 0 Å². The molecule has 6 nitrogen and oxygen atoms in total. The van der Waals surface area contributed by atoms with E-state index < -0.39 is 15.8 Å². The lowest BCUT2D eigenvalue weighted by molar-refractivity contribution is -0.121. The first-order valence-electron chi connectivity index (χ1n) is 11.5. The molecule has 0 saturated carbocycles. The summed E-state index contributed by atoms with van der Waals surface area (Å²) in [4.78, 5) is 14.9. The molecule has 0 atom stereocenters. The fraction of sp³-hybridized carbons (Fsp3) is 0.480. The number of likely N-dealkylation sites (tertiary alicyclic amines) is 1. The molecule has 0 aliphatic carbocycles. The Kier molecular flexibility index (Phi) is 9.00. The number of halogens is 1. The summed E-state index contributed by atoms with van der Waals surface area (Å²) >= 11 is 0. The van der Waals surface area contributed by atoms with Crippen molar-refractivity contribution in [1.82, 2.24) is 14.5 Å². The summed E-state index contributed by atoms with van der Waals surface area (Å²) in [7, 11) is -2.24. The fourth-order valence-electron chi connectivity index (χ4n) is 4.00. The van der Waals surface area contributed by atoms with Crippen LogP contribution in [0.5, 0.6) is 0 Å². The van der Waals surface area contributed by atoms with Gasteiger partial charge in [-0.2, -0.15) is 0 Å². The second-order valence-corrected chi connectivity index (χ2v) is 10.9. The van der Waals surface area contributed by atoms with Crippen LogP contribution < -0.4 is 5.32 Å². The Morgan fingerprint density at radius 3 is 2.39 bits per heavy atom. The number of nitrogens with zero attached hydrogens (tertiary/aromatic N) is 2. The topological polar surface area (TPSA) is 69.7 Å². The minimum atomic E-state index is -3.70. The Morgan fingerprint density at radius 1 is 1.09 bits per heavy atom. The van der Waals surface area contributed by atoms with E-state index in [0.717, 1.165) is 43.2 Å². The second-order valence-electron chi connectivity index (χ2n) is 8.89. The molecule has 1 aliphatic heterocycles. The van der Waals surface area contributed by atoms with E-state index in [-0.39, 0.29) is 23.8 Å². The van der Waals surface area contributed by atoms with Crippen LogP contribution in [0, 0.1) is 11.7 Å². The highest BCUT2D eigenvalue weighted by Gasteiger charge is 2.21. The number of piperidine rings is 1. The molecule has 0 radical (unpaired) electrons. The van der Waals surface area contributed by atoms with Gasteiger partial charge in [0.05, 0.1) is 4.90 Å². The van der Waals surface area contributed by atoms with Crippen LogP contribution in [0.25, 0.3) is 0 Å². The van der Waals surface area contributed by atoms with Gasteiger partial charge in [0.15, 0.2) is 0 Å². The third-order valence-corrected chi connectivity index (χ3v) is 8.13. The van der Waals surface area contributed by atoms with Crippen LogP contribution in [-0.2, 0) is 27.9 Å². The molecule has 180 valence electrons. The lowest BCUT2D eigenvalue weighted by Gasteiger charge is -2.30. The molecule has 2 aromatic rings. The molecule has 1 fully saturated rings. The zero-order valence-electron chi connectivity index (χ0n) is 19.5. The van der Waals surface area contributed by atoms with Crippen molar-refractivity contribution in [2.24, 2.45) is 5.92 Å². The predicted octanol–water partition coefficient (Wildman–Crippen LogP) is 3.77. The molecular formula is C25H34FN3O3S. The monoisotopic (exact) mass is 475 g/mol. The van der Waals surface area contributed by atoms with Gasteiger partial charge in [0.1, 0.15) is 5.82 Å². The number of hydrogen-bond donors (Lipinski definition) is 1. The molecule has 0 spiro atoms. The minimum Gasteiger partial charge on any atom is -0.352 e. The SMILES string of the molecule is CC1CCN(Cc2ccccc2CNC(=O)CCCN(C)S(=O)(=O)c2ccc(F)cc2)CC1. The molecular weight excluding hydrogens is 441 g/mol. The first kappa shape index (κ1) is 25.3. The molecule has 1 N–H and O–H groups in total. The molecule has 1 amide bonds. The van der Waals surface area contributed by atoms with E-state index in [9.17, 15) is 17.6 Å². The molecule has 2 aromatic carbocycles. The van der Waals surface area contributed by atoms with E-state index in [1.807, 2.05) is 18.2 Å². The quantitative estimate of drug-likeness (QED) is 0.568. The lowest BCUT2D eigenvalue weighted by Crippen LogP contribution is -2.33. The number of benzene rings is 2. The van der Waals surface area contributed by atoms with Gasteiger partial charge in [-0.05, 0) is 73.7 Å². The van der Waals surface area contributed by atoms with E-state index in [1.54, 1.807) is 0 Å². The molecule has 0 aromatic heterocycles. The van der Waals surface area contributed by atoms with E-state index >= 15 is 0 Å². The van der Waals surface area contributed by atoms with Crippen molar-refractivity contribution in [2.45, 2.75) is 50.6 Å². The van der Waals surface area contributed by atoms with Crippen molar-refractivity contribution in [2.75, 3.05) is 26.7 Å². The molecule has 1 saturated heterocycles. The summed E-state index contributed by atoms with van der Waals surface area (Å²) in [6, 6.07) is 12.9. The maximum Gasteiger partial charge on any atom is 0.242 e. The van der Waals surface area contributed by atoms with Gasteiger partial charge in [0, 0.05) is 33.1 Å². The summed E-state index contributed by atoms with van der Waals surface area (Å²) in [6.45, 7) is 6.08. The van der Waals surface area contributed by atoms with Gasteiger partial charge >= 0.3 is 0 Å². The van der Waals surface area contributed by atoms with Crippen molar-refractivity contribution in [1.29, 1.82) is 0 Å². The number of amides is 1. The number of carbonyl (C=O) groups is 1. The van der Waals surface area contributed by atoms with Crippen LogP contribution in [0.2, 0.25) is 0 Å². The van der Waals surface area contributed by atoms with Gasteiger partial charge in [0.2, 0.25) is 15.9 Å². The van der Waals surface area contributed by atoms with E-state index in [2.05, 4.69) is 23.2 Å². The number of carbonyl (C=O) groups excluding carboxylic acids is 1. The highest BCUT2D eigenvalue weighted by Crippen LogP contribution is 2.20. The Morgan fingerprint density at radius 2 is 1.73 bits per heavy atom. The fourth-order valence-corrected chi connectivity index (χ4v) is 5.21. The van der Waals surface area contributed by atoms with E-state index in [4.69, 9.17) is 0 Å². The smallest absolute Gasteiger partial charge is 0.242 e. The molecule has 0 bridgehead atoms. The van der Waals surface area contributed by atoms with Crippen LogP contribution >= 0.6 is 0 Å². The molecule has 1 heterocycles. The third kappa shape index (κ3) is 7.35. The Labute approximate surface area is 196 Å². The standard InChI is InChI=1S/C25H34FN3O3S/c1-20-13-16-29(17-14-20)19-22-7-4-3-6-21(22)18-27-25(30)8-5-15-28(2)33(31,32)24-11-9-23(26)10-12-24/h3-4,6-7,9-12,20H,5,8,13-19H2,1-2H3,(H,27,30). The van der Waals surface area contributed by atoms with Gasteiger partial charge < -0.3 is 5.32 Å². The van der Waals surface area contributed by atoms with Gasteiger partial charge in [-0.25, -0.2) is 17.1 Å². The average molecular weight is 476 g/mol. The third-order valence-electron chi connectivity index (χ3n) is 6.26. The average Bonchev–Trinajstić information content (AvgIpc) is 2.80. The minimum absolute atomic E-state index is 0.0376. The summed E-state index contributed by atoms with van der Waals surface area (Å²) < 4.78 is 39.4. The van der Waals surface area contributed by atoms with Crippen LogP contribution in [0.3, 0.4) is 0 Å². The van der Waals surface area contributed by atoms with Gasteiger partial charge in [-0.3, -0.25) is 9.69 Å². The van der Waals surface area contributed by atoms with Gasteiger partial charge in [0.25, 0.3) is 0 Å². The van der Waals surface area contributed by atoms with Crippen LogP contribution in [-0.4, -0.2) is 50.2 Å². The molecule has 0 unspecified atom stereocenters. The summed E-state index contributed by atoms with van der Waals surface area (Å²) in [5.41, 5.74) is 2.35. The zero-order valence-corrected chi connectivity index (χ0v) is 20.3. The van der Waals surface area contributed by atoms with Crippen molar-refractivity contribution in [3.8, 4) is 0 Å². The van der Waals surface area contributed by atoms with Crippen molar-refractivity contribution in [3.63, 3.8) is 0 Å². The van der Waals surface area contributed by atoms with E-state index in [1.165, 1.54) is 41.9 Å².